The molecule has 0 spiro atoms. The van der Waals surface area contributed by atoms with Gasteiger partial charge in [0, 0.05) is 11.7 Å². The van der Waals surface area contributed by atoms with E-state index in [2.05, 4.69) is 42.9 Å². The van der Waals surface area contributed by atoms with E-state index in [0.29, 0.717) is 6.04 Å². The van der Waals surface area contributed by atoms with Crippen molar-refractivity contribution in [2.75, 3.05) is 13.7 Å². The summed E-state index contributed by atoms with van der Waals surface area (Å²) in [6, 6.07) is 6.48. The lowest BCUT2D eigenvalue weighted by atomic mass is 10.0. The molecule has 1 atom stereocenters. The maximum absolute atomic E-state index is 5.28. The highest BCUT2D eigenvalue weighted by Crippen LogP contribution is 2.30. The fourth-order valence-corrected chi connectivity index (χ4v) is 3.22. The molecule has 1 fully saturated rings. The van der Waals surface area contributed by atoms with Gasteiger partial charge in [-0.15, -0.1) is 0 Å². The van der Waals surface area contributed by atoms with Gasteiger partial charge in [0.15, 0.2) is 0 Å². The van der Waals surface area contributed by atoms with Crippen molar-refractivity contribution in [3.05, 3.63) is 40.9 Å². The van der Waals surface area contributed by atoms with Gasteiger partial charge in [-0.05, 0) is 53.5 Å². The van der Waals surface area contributed by atoms with E-state index in [1.165, 1.54) is 25.0 Å². The molecule has 3 rings (SSSR count). The summed E-state index contributed by atoms with van der Waals surface area (Å²) in [5.41, 5.74) is 2.32. The number of aromatic nitrogens is 2. The third-order valence-corrected chi connectivity index (χ3v) is 4.37. The van der Waals surface area contributed by atoms with E-state index in [0.717, 1.165) is 22.5 Å². The molecular formula is C15H18BrN3O. The van der Waals surface area contributed by atoms with E-state index in [1.54, 1.807) is 7.11 Å². The molecule has 0 bridgehead atoms. The van der Waals surface area contributed by atoms with E-state index in [4.69, 9.17) is 4.74 Å². The fraction of sp³-hybridized carbons (Fsp3) is 0.400. The minimum atomic E-state index is 0.395. The summed E-state index contributed by atoms with van der Waals surface area (Å²) in [5, 5.41) is 3.57. The van der Waals surface area contributed by atoms with Crippen LogP contribution in [0, 0.1) is 0 Å². The van der Waals surface area contributed by atoms with Gasteiger partial charge in [0.2, 0.25) is 0 Å². The Labute approximate surface area is 127 Å². The lowest BCUT2D eigenvalue weighted by Gasteiger charge is -2.24. The second-order valence-electron chi connectivity index (χ2n) is 5.01. The second-order valence-corrected chi connectivity index (χ2v) is 5.86. The Morgan fingerprint density at radius 2 is 2.30 bits per heavy atom. The Kier molecular flexibility index (Phi) is 4.08. The molecule has 2 aromatic rings. The zero-order valence-corrected chi connectivity index (χ0v) is 13.1. The highest BCUT2D eigenvalue weighted by Gasteiger charge is 2.19. The minimum absolute atomic E-state index is 0.395. The number of rotatable bonds is 3. The number of nitrogens with one attached hydrogen (secondary N) is 1. The van der Waals surface area contributed by atoms with E-state index in [9.17, 15) is 0 Å². The molecule has 0 aliphatic carbocycles. The number of halogens is 1. The van der Waals surface area contributed by atoms with Gasteiger partial charge in [-0.25, -0.2) is 4.98 Å². The first kappa shape index (κ1) is 13.6. The van der Waals surface area contributed by atoms with Crippen molar-refractivity contribution >= 4 is 15.9 Å². The molecule has 20 heavy (non-hydrogen) atoms. The van der Waals surface area contributed by atoms with Crippen LogP contribution in [0.2, 0.25) is 0 Å². The summed E-state index contributed by atoms with van der Waals surface area (Å²) in [4.78, 5) is 4.32. The molecule has 2 heterocycles. The summed E-state index contributed by atoms with van der Waals surface area (Å²) in [6.07, 6.45) is 7.54. The highest BCUT2D eigenvalue weighted by molar-refractivity contribution is 9.10. The van der Waals surface area contributed by atoms with Gasteiger partial charge in [-0.3, -0.25) is 0 Å². The first-order valence-electron chi connectivity index (χ1n) is 6.89. The van der Waals surface area contributed by atoms with Crippen LogP contribution in [0.4, 0.5) is 0 Å². The zero-order valence-electron chi connectivity index (χ0n) is 11.5. The number of piperidine rings is 1. The van der Waals surface area contributed by atoms with E-state index in [1.807, 2.05) is 18.6 Å². The maximum atomic E-state index is 5.28. The van der Waals surface area contributed by atoms with E-state index < -0.39 is 0 Å². The van der Waals surface area contributed by atoms with Crippen molar-refractivity contribution in [3.8, 4) is 11.4 Å². The molecule has 1 aromatic heterocycles. The monoisotopic (exact) mass is 335 g/mol. The number of benzene rings is 1. The zero-order chi connectivity index (χ0) is 13.9. The normalized spacial score (nSPS) is 19.0. The van der Waals surface area contributed by atoms with E-state index >= 15 is 0 Å². The largest absolute Gasteiger partial charge is 0.496 e. The van der Waals surface area contributed by atoms with Crippen LogP contribution in [0.1, 0.15) is 31.0 Å². The Hall–Kier alpha value is -1.33. The van der Waals surface area contributed by atoms with Gasteiger partial charge in [0.1, 0.15) is 5.75 Å². The Balaban J connectivity index is 1.94. The molecule has 5 heteroatoms. The summed E-state index contributed by atoms with van der Waals surface area (Å²) in [7, 11) is 1.67. The Bertz CT molecular complexity index is 591. The lowest BCUT2D eigenvalue weighted by molar-refractivity contribution is 0.401. The predicted octanol–water partition coefficient (Wildman–Crippen LogP) is 3.46. The molecule has 0 saturated carbocycles. The van der Waals surface area contributed by atoms with Gasteiger partial charge in [-0.1, -0.05) is 6.42 Å². The Morgan fingerprint density at radius 1 is 1.40 bits per heavy atom. The molecule has 1 aliphatic heterocycles. The van der Waals surface area contributed by atoms with Crippen molar-refractivity contribution in [2.24, 2.45) is 0 Å². The van der Waals surface area contributed by atoms with Crippen LogP contribution in [0.15, 0.2) is 35.2 Å². The summed E-state index contributed by atoms with van der Waals surface area (Å²) in [6.45, 7) is 1.09. The predicted molar refractivity (Wildman–Crippen MR) is 82.4 cm³/mol. The molecule has 1 saturated heterocycles. The molecule has 1 N–H and O–H groups in total. The maximum Gasteiger partial charge on any atom is 0.133 e. The lowest BCUT2D eigenvalue weighted by Crippen LogP contribution is -2.28. The third kappa shape index (κ3) is 2.60. The van der Waals surface area contributed by atoms with Gasteiger partial charge < -0.3 is 14.6 Å². The molecule has 0 amide bonds. The number of methoxy groups -OCH3 is 1. The number of hydrogen-bond acceptors (Lipinski definition) is 3. The standard InChI is InChI=1S/C15H18BrN3O/c1-20-15-6-5-11(8-12(15)16)19-10-17-9-14(19)13-4-2-3-7-18-13/h5-6,8-10,13,18H,2-4,7H2,1H3. The SMILES string of the molecule is COc1ccc(-n2cncc2C2CCCCN2)cc1Br. The van der Waals surface area contributed by atoms with E-state index in [-0.39, 0.29) is 0 Å². The molecule has 106 valence electrons. The number of ether oxygens (including phenoxy) is 1. The molecule has 1 unspecified atom stereocenters. The van der Waals surface area contributed by atoms with Crippen LogP contribution in [0.25, 0.3) is 5.69 Å². The van der Waals surface area contributed by atoms with Crippen molar-refractivity contribution in [1.29, 1.82) is 0 Å². The Morgan fingerprint density at radius 3 is 3.00 bits per heavy atom. The first-order chi connectivity index (χ1) is 9.79. The second kappa shape index (κ2) is 5.97. The van der Waals surface area contributed by atoms with Gasteiger partial charge in [0.25, 0.3) is 0 Å². The summed E-state index contributed by atoms with van der Waals surface area (Å²) < 4.78 is 8.38. The number of hydrogen-bond donors (Lipinski definition) is 1. The fourth-order valence-electron chi connectivity index (χ4n) is 2.69. The quantitative estimate of drug-likeness (QED) is 0.933. The summed E-state index contributed by atoms with van der Waals surface area (Å²) in [5.74, 6) is 0.839. The highest BCUT2D eigenvalue weighted by atomic mass is 79.9. The number of nitrogens with zero attached hydrogens (tertiary/aromatic N) is 2. The average Bonchev–Trinajstić information content (AvgIpc) is 2.97. The van der Waals surface area contributed by atoms with Crippen molar-refractivity contribution < 1.29 is 4.74 Å². The van der Waals surface area contributed by atoms with Crippen LogP contribution < -0.4 is 10.1 Å². The average molecular weight is 336 g/mol. The molecule has 0 radical (unpaired) electrons. The van der Waals surface area contributed by atoms with Crippen molar-refractivity contribution in [2.45, 2.75) is 25.3 Å². The third-order valence-electron chi connectivity index (χ3n) is 3.75. The van der Waals surface area contributed by atoms with Crippen LogP contribution in [0.5, 0.6) is 5.75 Å². The van der Waals surface area contributed by atoms with Crippen LogP contribution >= 0.6 is 15.9 Å². The van der Waals surface area contributed by atoms with Crippen LogP contribution in [-0.2, 0) is 0 Å². The topological polar surface area (TPSA) is 39.1 Å². The smallest absolute Gasteiger partial charge is 0.133 e. The summed E-state index contributed by atoms with van der Waals surface area (Å²) >= 11 is 3.54. The van der Waals surface area contributed by atoms with Crippen LogP contribution in [-0.4, -0.2) is 23.2 Å². The first-order valence-corrected chi connectivity index (χ1v) is 7.68. The molecule has 1 aromatic carbocycles. The van der Waals surface area contributed by atoms with Gasteiger partial charge in [0.05, 0.1) is 29.8 Å². The van der Waals surface area contributed by atoms with Gasteiger partial charge in [-0.2, -0.15) is 0 Å². The van der Waals surface area contributed by atoms with Crippen molar-refractivity contribution in [3.63, 3.8) is 0 Å². The molecule has 4 nitrogen and oxygen atoms in total. The van der Waals surface area contributed by atoms with Crippen LogP contribution in [0.3, 0.4) is 0 Å². The number of imidazole rings is 1. The van der Waals surface area contributed by atoms with Crippen molar-refractivity contribution in [1.82, 2.24) is 14.9 Å². The molecule has 1 aliphatic rings. The molecular weight excluding hydrogens is 318 g/mol. The van der Waals surface area contributed by atoms with Gasteiger partial charge >= 0.3 is 0 Å². The minimum Gasteiger partial charge on any atom is -0.496 e.